The third-order valence-electron chi connectivity index (χ3n) is 6.43. The maximum Gasteiger partial charge on any atom is 0.329 e. The summed E-state index contributed by atoms with van der Waals surface area (Å²) in [5.41, 5.74) is 7.17. The fourth-order valence-electron chi connectivity index (χ4n) is 4.43. The largest absolute Gasteiger partial charge is 0.497 e. The van der Waals surface area contributed by atoms with Gasteiger partial charge in [0.2, 0.25) is 5.91 Å². The fourth-order valence-corrected chi connectivity index (χ4v) is 4.43. The number of methoxy groups -OCH3 is 3. The van der Waals surface area contributed by atoms with Crippen LogP contribution in [0.3, 0.4) is 0 Å². The van der Waals surface area contributed by atoms with Crippen molar-refractivity contribution < 1.29 is 28.2 Å². The van der Waals surface area contributed by atoms with Crippen LogP contribution < -0.4 is 25.6 Å². The minimum absolute atomic E-state index is 0.0754. The number of amides is 3. The number of benzene rings is 3. The SMILES string of the molecule is COc1cccc(Cn2c(=O)n(Cc3cc(OC)cc(OC)c3)c3cc(F)cc(CC(=O)N(C)C(N)=O)c32)c1. The molecule has 0 aliphatic carbocycles. The third-order valence-corrected chi connectivity index (χ3v) is 6.43. The lowest BCUT2D eigenvalue weighted by atomic mass is 10.1. The number of aromatic nitrogens is 2. The summed E-state index contributed by atoms with van der Waals surface area (Å²) in [6, 6.07) is 13.9. The summed E-state index contributed by atoms with van der Waals surface area (Å²) in [7, 11) is 5.83. The predicted octanol–water partition coefficient (Wildman–Crippen LogP) is 3.14. The van der Waals surface area contributed by atoms with Crippen LogP contribution in [0.2, 0.25) is 0 Å². The lowest BCUT2D eigenvalue weighted by Crippen LogP contribution is -2.38. The topological polar surface area (TPSA) is 118 Å². The van der Waals surface area contributed by atoms with E-state index in [1.54, 1.807) is 43.5 Å². The van der Waals surface area contributed by atoms with E-state index >= 15 is 0 Å². The standard InChI is InChI=1S/C28H29FN4O6/c1-31(27(30)35)25(34)12-19-11-20(29)13-24-26(19)33(15-17-6-5-7-21(8-17)37-2)28(36)32(24)16-18-9-22(38-3)14-23(10-18)39-4/h5-11,13-14H,12,15-16H2,1-4H3,(H2,30,35). The van der Waals surface area contributed by atoms with Crippen molar-refractivity contribution in [3.8, 4) is 17.2 Å². The number of ether oxygens (including phenoxy) is 3. The van der Waals surface area contributed by atoms with Crippen LogP contribution in [0.5, 0.6) is 17.2 Å². The van der Waals surface area contributed by atoms with E-state index in [2.05, 4.69) is 0 Å². The van der Waals surface area contributed by atoms with Crippen LogP contribution in [-0.4, -0.2) is 54.3 Å². The molecule has 4 rings (SSSR count). The molecule has 0 unspecified atom stereocenters. The zero-order chi connectivity index (χ0) is 28.3. The van der Waals surface area contributed by atoms with Gasteiger partial charge in [-0.05, 0) is 53.1 Å². The van der Waals surface area contributed by atoms with E-state index in [1.165, 1.54) is 42.5 Å². The van der Waals surface area contributed by atoms with Crippen molar-refractivity contribution in [2.45, 2.75) is 19.5 Å². The van der Waals surface area contributed by atoms with Gasteiger partial charge in [0.25, 0.3) is 0 Å². The van der Waals surface area contributed by atoms with Gasteiger partial charge in [-0.25, -0.2) is 14.0 Å². The van der Waals surface area contributed by atoms with Crippen LogP contribution in [0.4, 0.5) is 9.18 Å². The second kappa shape index (κ2) is 11.3. The van der Waals surface area contributed by atoms with Crippen LogP contribution in [0.1, 0.15) is 16.7 Å². The van der Waals surface area contributed by atoms with Crippen molar-refractivity contribution in [2.75, 3.05) is 28.4 Å². The van der Waals surface area contributed by atoms with Crippen LogP contribution in [0.25, 0.3) is 11.0 Å². The Morgan fingerprint density at radius 3 is 2.10 bits per heavy atom. The molecular formula is C28H29FN4O6. The summed E-state index contributed by atoms with van der Waals surface area (Å²) in [5.74, 6) is 0.397. The van der Waals surface area contributed by atoms with Crippen molar-refractivity contribution in [3.05, 3.63) is 87.6 Å². The number of hydrogen-bond acceptors (Lipinski definition) is 6. The maximum absolute atomic E-state index is 14.9. The summed E-state index contributed by atoms with van der Waals surface area (Å²) in [4.78, 5) is 39.0. The normalized spacial score (nSPS) is 10.9. The monoisotopic (exact) mass is 536 g/mol. The average molecular weight is 537 g/mol. The molecule has 0 aliphatic heterocycles. The molecule has 3 aromatic carbocycles. The van der Waals surface area contributed by atoms with Crippen molar-refractivity contribution in [1.29, 1.82) is 0 Å². The van der Waals surface area contributed by atoms with Gasteiger partial charge in [-0.15, -0.1) is 0 Å². The van der Waals surface area contributed by atoms with E-state index in [0.717, 1.165) is 10.5 Å². The number of carbonyl (C=O) groups excluding carboxylic acids is 2. The molecule has 0 fully saturated rings. The quantitative estimate of drug-likeness (QED) is 0.351. The average Bonchev–Trinajstić information content (AvgIpc) is 3.17. The van der Waals surface area contributed by atoms with Crippen LogP contribution in [0, 0.1) is 5.82 Å². The van der Waals surface area contributed by atoms with Gasteiger partial charge in [0.1, 0.15) is 23.1 Å². The molecule has 0 bridgehead atoms. The molecule has 11 heteroatoms. The zero-order valence-corrected chi connectivity index (χ0v) is 22.1. The molecule has 39 heavy (non-hydrogen) atoms. The summed E-state index contributed by atoms with van der Waals surface area (Å²) in [5, 5.41) is 0. The highest BCUT2D eigenvalue weighted by Gasteiger charge is 2.22. The van der Waals surface area contributed by atoms with E-state index in [-0.39, 0.29) is 30.6 Å². The number of hydrogen-bond donors (Lipinski definition) is 1. The Hall–Kier alpha value is -4.80. The molecule has 0 saturated heterocycles. The molecular weight excluding hydrogens is 507 g/mol. The van der Waals surface area contributed by atoms with Gasteiger partial charge in [0.05, 0.1) is 51.9 Å². The molecule has 0 aliphatic rings. The minimum atomic E-state index is -0.939. The van der Waals surface area contributed by atoms with Crippen molar-refractivity contribution >= 4 is 23.0 Å². The first kappa shape index (κ1) is 27.2. The highest BCUT2D eigenvalue weighted by atomic mass is 19.1. The molecule has 4 aromatic rings. The Morgan fingerprint density at radius 2 is 1.49 bits per heavy atom. The predicted molar refractivity (Wildman–Crippen MR) is 143 cm³/mol. The lowest BCUT2D eigenvalue weighted by molar-refractivity contribution is -0.126. The maximum atomic E-state index is 14.9. The molecule has 204 valence electrons. The molecule has 0 radical (unpaired) electrons. The Labute approximate surface area is 223 Å². The first-order valence-electron chi connectivity index (χ1n) is 12.0. The highest BCUT2D eigenvalue weighted by molar-refractivity contribution is 5.96. The molecule has 1 heterocycles. The molecule has 10 nitrogen and oxygen atoms in total. The molecule has 2 N–H and O–H groups in total. The number of carbonyl (C=O) groups is 2. The third kappa shape index (κ3) is 5.71. The number of primary amides is 1. The van der Waals surface area contributed by atoms with Gasteiger partial charge < -0.3 is 19.9 Å². The van der Waals surface area contributed by atoms with Crippen LogP contribution in [-0.2, 0) is 24.3 Å². The number of nitrogens with zero attached hydrogens (tertiary/aromatic N) is 3. The summed E-state index contributed by atoms with van der Waals surface area (Å²) < 4.78 is 33.9. The number of urea groups is 1. The summed E-state index contributed by atoms with van der Waals surface area (Å²) >= 11 is 0. The zero-order valence-electron chi connectivity index (χ0n) is 22.1. The van der Waals surface area contributed by atoms with E-state index in [0.29, 0.717) is 28.3 Å². The van der Waals surface area contributed by atoms with Gasteiger partial charge in [0, 0.05) is 13.1 Å². The van der Waals surface area contributed by atoms with Crippen molar-refractivity contribution in [1.82, 2.24) is 14.0 Å². The number of imidazole rings is 1. The number of fused-ring (bicyclic) bond motifs is 1. The van der Waals surface area contributed by atoms with E-state index < -0.39 is 23.4 Å². The van der Waals surface area contributed by atoms with E-state index in [4.69, 9.17) is 19.9 Å². The number of imide groups is 1. The second-order valence-corrected chi connectivity index (χ2v) is 8.93. The Balaban J connectivity index is 1.92. The fraction of sp³-hybridized carbons (Fsp3) is 0.250. The number of rotatable bonds is 9. The molecule has 3 amide bonds. The second-order valence-electron chi connectivity index (χ2n) is 8.93. The Morgan fingerprint density at radius 1 is 0.872 bits per heavy atom. The summed E-state index contributed by atoms with van der Waals surface area (Å²) in [6.45, 7) is 0.200. The van der Waals surface area contributed by atoms with Crippen LogP contribution >= 0.6 is 0 Å². The van der Waals surface area contributed by atoms with Gasteiger partial charge in [-0.1, -0.05) is 12.1 Å². The number of halogens is 1. The molecule has 0 spiro atoms. The van der Waals surface area contributed by atoms with E-state index in [1.807, 2.05) is 6.07 Å². The van der Waals surface area contributed by atoms with Crippen LogP contribution in [0.15, 0.2) is 59.4 Å². The first-order valence-corrected chi connectivity index (χ1v) is 12.0. The lowest BCUT2D eigenvalue weighted by Gasteiger charge is -2.14. The highest BCUT2D eigenvalue weighted by Crippen LogP contribution is 2.27. The van der Waals surface area contributed by atoms with Gasteiger partial charge in [-0.3, -0.25) is 18.8 Å². The molecule has 0 atom stereocenters. The smallest absolute Gasteiger partial charge is 0.329 e. The van der Waals surface area contributed by atoms with Gasteiger partial charge in [0.15, 0.2) is 0 Å². The van der Waals surface area contributed by atoms with E-state index in [9.17, 15) is 18.8 Å². The summed E-state index contributed by atoms with van der Waals surface area (Å²) in [6.07, 6.45) is -0.345. The first-order chi connectivity index (χ1) is 18.6. The number of likely N-dealkylation sites (N-methyl/N-ethyl adjacent to an activating group) is 1. The van der Waals surface area contributed by atoms with Crippen molar-refractivity contribution in [2.24, 2.45) is 5.73 Å². The van der Waals surface area contributed by atoms with Crippen molar-refractivity contribution in [3.63, 3.8) is 0 Å². The number of nitrogens with two attached hydrogens (primary N) is 1. The Bertz CT molecular complexity index is 1590. The van der Waals surface area contributed by atoms with Gasteiger partial charge in [-0.2, -0.15) is 0 Å². The van der Waals surface area contributed by atoms with Gasteiger partial charge >= 0.3 is 11.7 Å². The minimum Gasteiger partial charge on any atom is -0.497 e. The molecule has 0 saturated carbocycles. The Kier molecular flexibility index (Phi) is 7.89. The molecule has 1 aromatic heterocycles.